The third-order valence-electron chi connectivity index (χ3n) is 2.97. The summed E-state index contributed by atoms with van der Waals surface area (Å²) in [5.41, 5.74) is 0. The fourth-order valence-corrected chi connectivity index (χ4v) is 1.86. The van der Waals surface area contributed by atoms with Gasteiger partial charge in [-0.3, -0.25) is 0 Å². The van der Waals surface area contributed by atoms with Gasteiger partial charge in [-0.2, -0.15) is 0 Å². The molecule has 0 atom stereocenters. The van der Waals surface area contributed by atoms with E-state index in [1.54, 1.807) is 6.20 Å². The Kier molecular flexibility index (Phi) is 3.65. The number of imidazole rings is 1. The maximum atomic E-state index is 5.89. The summed E-state index contributed by atoms with van der Waals surface area (Å²) in [5, 5.41) is 4.10. The second kappa shape index (κ2) is 4.99. The van der Waals surface area contributed by atoms with Gasteiger partial charge in [-0.15, -0.1) is 0 Å². The van der Waals surface area contributed by atoms with Crippen molar-refractivity contribution in [2.24, 2.45) is 13.0 Å². The Morgan fingerprint density at radius 1 is 1.60 bits per heavy atom. The molecule has 15 heavy (non-hydrogen) atoms. The first-order chi connectivity index (χ1) is 7.27. The molecule has 1 heterocycles. The summed E-state index contributed by atoms with van der Waals surface area (Å²) in [5.74, 6) is 2.04. The third kappa shape index (κ3) is 3.21. The van der Waals surface area contributed by atoms with Crippen LogP contribution in [0.4, 0.5) is 0 Å². The van der Waals surface area contributed by atoms with Crippen LogP contribution in [-0.2, 0) is 13.6 Å². The van der Waals surface area contributed by atoms with Crippen LogP contribution < -0.4 is 5.32 Å². The highest BCUT2D eigenvalue weighted by molar-refractivity contribution is 6.29. The van der Waals surface area contributed by atoms with E-state index >= 15 is 0 Å². The summed E-state index contributed by atoms with van der Waals surface area (Å²) < 4.78 is 1.91. The highest BCUT2D eigenvalue weighted by Crippen LogP contribution is 2.33. The Balaban J connectivity index is 1.62. The molecule has 1 aliphatic rings. The number of nitrogens with one attached hydrogen (secondary N) is 1. The molecule has 3 nitrogen and oxygen atoms in total. The Morgan fingerprint density at radius 2 is 2.40 bits per heavy atom. The SMILES string of the molecule is Cn1c(Cl)cnc1CNCCCC1CC1. The number of nitrogens with zero attached hydrogens (tertiary/aromatic N) is 2. The topological polar surface area (TPSA) is 29.9 Å². The van der Waals surface area contributed by atoms with E-state index < -0.39 is 0 Å². The first kappa shape index (κ1) is 11.0. The third-order valence-corrected chi connectivity index (χ3v) is 3.32. The van der Waals surface area contributed by atoms with Gasteiger partial charge in [0.25, 0.3) is 0 Å². The fraction of sp³-hybridized carbons (Fsp3) is 0.727. The summed E-state index contributed by atoms with van der Waals surface area (Å²) in [6.45, 7) is 1.90. The molecule has 0 bridgehead atoms. The van der Waals surface area contributed by atoms with Crippen molar-refractivity contribution in [3.8, 4) is 0 Å². The van der Waals surface area contributed by atoms with E-state index in [2.05, 4.69) is 10.3 Å². The second-order valence-corrected chi connectivity index (χ2v) is 4.71. The quantitative estimate of drug-likeness (QED) is 0.757. The summed E-state index contributed by atoms with van der Waals surface area (Å²) in [4.78, 5) is 4.23. The second-order valence-electron chi connectivity index (χ2n) is 4.32. The minimum Gasteiger partial charge on any atom is -0.321 e. The molecule has 1 N–H and O–H groups in total. The molecule has 84 valence electrons. The van der Waals surface area contributed by atoms with Crippen molar-refractivity contribution in [1.82, 2.24) is 14.9 Å². The van der Waals surface area contributed by atoms with Crippen LogP contribution in [0.15, 0.2) is 6.20 Å². The van der Waals surface area contributed by atoms with Gasteiger partial charge >= 0.3 is 0 Å². The molecule has 0 spiro atoms. The van der Waals surface area contributed by atoms with Crippen LogP contribution >= 0.6 is 11.6 Å². The first-order valence-electron chi connectivity index (χ1n) is 5.64. The maximum Gasteiger partial charge on any atom is 0.128 e. The summed E-state index contributed by atoms with van der Waals surface area (Å²) >= 11 is 5.89. The number of aromatic nitrogens is 2. The molecule has 1 saturated carbocycles. The predicted molar refractivity (Wildman–Crippen MR) is 61.9 cm³/mol. The molecule has 2 rings (SSSR count). The van der Waals surface area contributed by atoms with Gasteiger partial charge in [-0.1, -0.05) is 24.4 Å². The zero-order valence-electron chi connectivity index (χ0n) is 9.17. The van der Waals surface area contributed by atoms with Crippen molar-refractivity contribution in [3.63, 3.8) is 0 Å². The molecule has 4 heteroatoms. The minimum atomic E-state index is 0.699. The van der Waals surface area contributed by atoms with E-state index in [9.17, 15) is 0 Å². The molecule has 1 aromatic heterocycles. The highest BCUT2D eigenvalue weighted by Gasteiger charge is 2.19. The molecule has 0 radical (unpaired) electrons. The van der Waals surface area contributed by atoms with Gasteiger partial charge in [-0.05, 0) is 25.3 Å². The van der Waals surface area contributed by atoms with E-state index in [4.69, 9.17) is 11.6 Å². The normalized spacial score (nSPS) is 15.9. The highest BCUT2D eigenvalue weighted by atomic mass is 35.5. The Labute approximate surface area is 95.8 Å². The monoisotopic (exact) mass is 227 g/mol. The summed E-state index contributed by atoms with van der Waals surface area (Å²) in [7, 11) is 1.94. The van der Waals surface area contributed by atoms with Gasteiger partial charge in [0.05, 0.1) is 12.7 Å². The van der Waals surface area contributed by atoms with E-state index in [1.807, 2.05) is 11.6 Å². The predicted octanol–water partition coefficient (Wildman–Crippen LogP) is 2.35. The minimum absolute atomic E-state index is 0.699. The average molecular weight is 228 g/mol. The van der Waals surface area contributed by atoms with Gasteiger partial charge < -0.3 is 9.88 Å². The van der Waals surface area contributed by atoms with E-state index in [1.165, 1.54) is 25.7 Å². The van der Waals surface area contributed by atoms with Crippen LogP contribution in [-0.4, -0.2) is 16.1 Å². The largest absolute Gasteiger partial charge is 0.321 e. The number of hydrogen-bond acceptors (Lipinski definition) is 2. The molecular weight excluding hydrogens is 210 g/mol. The Bertz CT molecular complexity index is 318. The zero-order valence-corrected chi connectivity index (χ0v) is 9.93. The molecule has 0 saturated heterocycles. The van der Waals surface area contributed by atoms with E-state index in [-0.39, 0.29) is 0 Å². The molecule has 1 aliphatic carbocycles. The lowest BCUT2D eigenvalue weighted by Crippen LogP contribution is -2.17. The van der Waals surface area contributed by atoms with E-state index in [0.717, 1.165) is 24.8 Å². The van der Waals surface area contributed by atoms with Crippen molar-refractivity contribution < 1.29 is 0 Å². The van der Waals surface area contributed by atoms with Gasteiger partial charge in [0.15, 0.2) is 0 Å². The van der Waals surface area contributed by atoms with Crippen molar-refractivity contribution in [1.29, 1.82) is 0 Å². The first-order valence-corrected chi connectivity index (χ1v) is 6.02. The summed E-state index contributed by atoms with van der Waals surface area (Å²) in [6.07, 6.45) is 7.27. The number of rotatable bonds is 6. The molecule has 0 amide bonds. The number of halogens is 1. The number of hydrogen-bond donors (Lipinski definition) is 1. The van der Waals surface area contributed by atoms with Gasteiger partial charge in [0.2, 0.25) is 0 Å². The molecule has 1 fully saturated rings. The maximum absolute atomic E-state index is 5.89. The van der Waals surface area contributed by atoms with Crippen LogP contribution in [0.2, 0.25) is 5.15 Å². The van der Waals surface area contributed by atoms with Crippen molar-refractivity contribution >= 4 is 11.6 Å². The van der Waals surface area contributed by atoms with Gasteiger partial charge in [0.1, 0.15) is 11.0 Å². The van der Waals surface area contributed by atoms with Crippen LogP contribution in [0, 0.1) is 5.92 Å². The van der Waals surface area contributed by atoms with Crippen molar-refractivity contribution in [2.45, 2.75) is 32.2 Å². The average Bonchev–Trinajstić information content (AvgIpc) is 2.99. The lowest BCUT2D eigenvalue weighted by Gasteiger charge is -2.04. The van der Waals surface area contributed by atoms with Crippen LogP contribution in [0.1, 0.15) is 31.5 Å². The lowest BCUT2D eigenvalue weighted by atomic mass is 10.2. The van der Waals surface area contributed by atoms with Crippen molar-refractivity contribution in [3.05, 3.63) is 17.2 Å². The zero-order chi connectivity index (χ0) is 10.7. The summed E-state index contributed by atoms with van der Waals surface area (Å²) in [6, 6.07) is 0. The van der Waals surface area contributed by atoms with Crippen molar-refractivity contribution in [2.75, 3.05) is 6.54 Å². The van der Waals surface area contributed by atoms with E-state index in [0.29, 0.717) is 5.15 Å². The molecule has 0 unspecified atom stereocenters. The molecular formula is C11H18ClN3. The fourth-order valence-electron chi connectivity index (χ4n) is 1.71. The Hall–Kier alpha value is -0.540. The van der Waals surface area contributed by atoms with Gasteiger partial charge in [0, 0.05) is 7.05 Å². The molecule has 0 aromatic carbocycles. The molecule has 1 aromatic rings. The van der Waals surface area contributed by atoms with Crippen LogP contribution in [0.3, 0.4) is 0 Å². The van der Waals surface area contributed by atoms with Gasteiger partial charge in [-0.25, -0.2) is 4.98 Å². The molecule has 0 aliphatic heterocycles. The van der Waals surface area contributed by atoms with Crippen LogP contribution in [0.5, 0.6) is 0 Å². The lowest BCUT2D eigenvalue weighted by molar-refractivity contribution is 0.575. The standard InChI is InChI=1S/C11H18ClN3/c1-15-10(12)7-14-11(15)8-13-6-2-3-9-4-5-9/h7,9,13H,2-6,8H2,1H3. The van der Waals surface area contributed by atoms with Crippen LogP contribution in [0.25, 0.3) is 0 Å². The Morgan fingerprint density at radius 3 is 3.00 bits per heavy atom. The smallest absolute Gasteiger partial charge is 0.128 e.